The van der Waals surface area contributed by atoms with Crippen LogP contribution in [0.5, 0.6) is 11.5 Å². The first-order valence-electron chi connectivity index (χ1n) is 6.66. The molecule has 1 rings (SSSR count). The van der Waals surface area contributed by atoms with Gasteiger partial charge in [-0.1, -0.05) is 18.7 Å². The fraction of sp³-hybridized carbons (Fsp3) is 0.500. The van der Waals surface area contributed by atoms with Gasteiger partial charge in [0, 0.05) is 35.1 Å². The monoisotopic (exact) mass is 327 g/mol. The molecule has 0 aromatic heterocycles. The summed E-state index contributed by atoms with van der Waals surface area (Å²) in [6, 6.07) is 3.95. The summed E-state index contributed by atoms with van der Waals surface area (Å²) < 4.78 is 10.4. The van der Waals surface area contributed by atoms with Crippen molar-refractivity contribution in [2.75, 3.05) is 20.0 Å². The van der Waals surface area contributed by atoms with Crippen molar-refractivity contribution in [3.8, 4) is 11.5 Å². The lowest BCUT2D eigenvalue weighted by Crippen LogP contribution is -2.31. The second-order valence-corrected chi connectivity index (χ2v) is 5.14. The van der Waals surface area contributed by atoms with Gasteiger partial charge in [-0.25, -0.2) is 0 Å². The van der Waals surface area contributed by atoms with Crippen molar-refractivity contribution in [3.05, 3.63) is 33.9 Å². The molecule has 0 saturated heterocycles. The molecule has 2 N–H and O–H groups in total. The van der Waals surface area contributed by atoms with Crippen LogP contribution in [-0.4, -0.2) is 36.8 Å². The second-order valence-electron chi connectivity index (χ2n) is 4.73. The summed E-state index contributed by atoms with van der Waals surface area (Å²) in [6.07, 6.45) is 0.0269. The molecule has 0 heterocycles. The normalized spacial score (nSPS) is 13.2. The minimum atomic E-state index is -0.993. The Morgan fingerprint density at radius 3 is 2.55 bits per heavy atom. The van der Waals surface area contributed by atoms with E-state index in [0.717, 1.165) is 0 Å². The van der Waals surface area contributed by atoms with Gasteiger partial charge in [-0.15, -0.1) is 0 Å². The molecule has 1 aromatic carbocycles. The second kappa shape index (κ2) is 8.47. The number of hydrogen-bond donors (Lipinski definition) is 1. The van der Waals surface area contributed by atoms with Crippen molar-refractivity contribution in [1.29, 1.82) is 0 Å². The summed E-state index contributed by atoms with van der Waals surface area (Å²) in [7, 11) is 2.96. The molecule has 8 heteroatoms. The predicted molar refractivity (Wildman–Crippen MR) is 84.0 cm³/mol. The van der Waals surface area contributed by atoms with Gasteiger partial charge < -0.3 is 15.2 Å². The Balaban J connectivity index is 3.31. The first-order valence-corrected chi connectivity index (χ1v) is 7.24. The molecule has 7 nitrogen and oxygen atoms in total. The molecular formula is C14H19N2O5S. The van der Waals surface area contributed by atoms with Gasteiger partial charge in [-0.05, 0) is 6.07 Å². The highest BCUT2D eigenvalue weighted by Crippen LogP contribution is 2.36. The average Bonchev–Trinajstić information content (AvgIpc) is 2.49. The third-order valence-electron chi connectivity index (χ3n) is 3.41. The van der Waals surface area contributed by atoms with Crippen LogP contribution in [0.4, 0.5) is 0 Å². The predicted octanol–water partition coefficient (Wildman–Crippen LogP) is 1.90. The van der Waals surface area contributed by atoms with Crippen LogP contribution in [0.1, 0.15) is 24.3 Å². The van der Waals surface area contributed by atoms with E-state index in [9.17, 15) is 14.9 Å². The smallest absolute Gasteiger partial charge is 0.221 e. The van der Waals surface area contributed by atoms with Gasteiger partial charge in [0.2, 0.25) is 11.9 Å². The highest BCUT2D eigenvalue weighted by Gasteiger charge is 2.35. The maximum atomic E-state index is 11.4. The van der Waals surface area contributed by atoms with Gasteiger partial charge in [-0.2, -0.15) is 0 Å². The number of carbonyl (C=O) groups is 1. The minimum Gasteiger partial charge on any atom is -0.497 e. The van der Waals surface area contributed by atoms with Crippen molar-refractivity contribution in [2.45, 2.75) is 24.8 Å². The summed E-state index contributed by atoms with van der Waals surface area (Å²) in [5.74, 6) is -0.115. The molecule has 0 bridgehead atoms. The zero-order valence-electron chi connectivity index (χ0n) is 12.5. The zero-order valence-corrected chi connectivity index (χ0v) is 13.3. The van der Waals surface area contributed by atoms with Crippen molar-refractivity contribution in [2.24, 2.45) is 5.73 Å². The van der Waals surface area contributed by atoms with E-state index in [1.54, 1.807) is 18.2 Å². The number of carbonyl (C=O) groups excluding carboxylic acids is 1. The fourth-order valence-corrected chi connectivity index (χ4v) is 2.61. The molecule has 0 saturated carbocycles. The Labute approximate surface area is 134 Å². The number of benzene rings is 1. The maximum Gasteiger partial charge on any atom is 0.221 e. The quantitative estimate of drug-likeness (QED) is 0.551. The van der Waals surface area contributed by atoms with E-state index in [0.29, 0.717) is 17.1 Å². The van der Waals surface area contributed by atoms with Crippen LogP contribution in [0.15, 0.2) is 18.2 Å². The molecule has 1 amide bonds. The van der Waals surface area contributed by atoms with E-state index in [2.05, 4.69) is 0 Å². The van der Waals surface area contributed by atoms with Crippen molar-refractivity contribution in [1.82, 2.24) is 0 Å². The number of primary amides is 1. The summed E-state index contributed by atoms with van der Waals surface area (Å²) in [6.45, 7) is 0. The van der Waals surface area contributed by atoms with Gasteiger partial charge in [0.15, 0.2) is 0 Å². The van der Waals surface area contributed by atoms with Gasteiger partial charge in [0.25, 0.3) is 0 Å². The van der Waals surface area contributed by atoms with Crippen LogP contribution in [0, 0.1) is 10.1 Å². The third kappa shape index (κ3) is 4.52. The molecule has 2 unspecified atom stereocenters. The number of ether oxygens (including phenoxy) is 2. The summed E-state index contributed by atoms with van der Waals surface area (Å²) in [5, 5.41) is 11.4. The largest absolute Gasteiger partial charge is 0.497 e. The summed E-state index contributed by atoms with van der Waals surface area (Å²) in [5.41, 5.74) is 5.81. The number of rotatable bonds is 9. The van der Waals surface area contributed by atoms with Crippen molar-refractivity contribution >= 4 is 18.5 Å². The lowest BCUT2D eigenvalue weighted by molar-refractivity contribution is -0.526. The van der Waals surface area contributed by atoms with E-state index in [1.165, 1.54) is 14.2 Å². The Hall–Kier alpha value is -1.96. The highest BCUT2D eigenvalue weighted by atomic mass is 32.1. The lowest BCUT2D eigenvalue weighted by atomic mass is 9.86. The Bertz CT molecular complexity index is 538. The van der Waals surface area contributed by atoms with Crippen LogP contribution in [0.25, 0.3) is 0 Å². The zero-order chi connectivity index (χ0) is 16.7. The van der Waals surface area contributed by atoms with E-state index < -0.39 is 22.8 Å². The molecule has 22 heavy (non-hydrogen) atoms. The fourth-order valence-electron chi connectivity index (χ4n) is 2.37. The topological polar surface area (TPSA) is 105 Å². The van der Waals surface area contributed by atoms with Crippen molar-refractivity contribution in [3.63, 3.8) is 0 Å². The van der Waals surface area contributed by atoms with Gasteiger partial charge in [0.1, 0.15) is 11.5 Å². The van der Waals surface area contributed by atoms with E-state index in [4.69, 9.17) is 27.8 Å². The van der Waals surface area contributed by atoms with E-state index in [1.807, 2.05) is 0 Å². The molecule has 121 valence electrons. The Kier molecular flexibility index (Phi) is 6.97. The van der Waals surface area contributed by atoms with E-state index in [-0.39, 0.29) is 18.6 Å². The molecule has 0 aliphatic heterocycles. The molecular weight excluding hydrogens is 308 g/mol. The molecule has 0 spiro atoms. The Morgan fingerprint density at radius 1 is 1.41 bits per heavy atom. The number of methoxy groups -OCH3 is 2. The molecule has 0 aliphatic rings. The van der Waals surface area contributed by atoms with Crippen LogP contribution >= 0.6 is 12.6 Å². The Morgan fingerprint density at radius 2 is 2.09 bits per heavy atom. The van der Waals surface area contributed by atoms with Crippen LogP contribution in [0.3, 0.4) is 0 Å². The molecule has 0 fully saturated rings. The first kappa shape index (κ1) is 18.1. The van der Waals surface area contributed by atoms with Gasteiger partial charge in [0.05, 0.1) is 20.1 Å². The van der Waals surface area contributed by atoms with Gasteiger partial charge >= 0.3 is 0 Å². The van der Waals surface area contributed by atoms with Crippen LogP contribution in [0.2, 0.25) is 0 Å². The lowest BCUT2D eigenvalue weighted by Gasteiger charge is -2.22. The molecule has 2 atom stereocenters. The minimum absolute atomic E-state index is 0.149. The van der Waals surface area contributed by atoms with Crippen LogP contribution in [-0.2, 0) is 4.79 Å². The number of amides is 1. The van der Waals surface area contributed by atoms with Gasteiger partial charge in [-0.3, -0.25) is 14.9 Å². The first-order chi connectivity index (χ1) is 10.4. The molecule has 0 aliphatic carbocycles. The number of nitro groups is 1. The maximum absolute atomic E-state index is 11.4. The standard InChI is InChI=1S/C14H19N2O5S/c1-20-9-3-4-10(13(7-9)21-2)11(8-14(15)17)12(5-6-22)16(18)19/h3-4,7,11-12H,5-6,8H2,1-2H3,(H2,15,17). The summed E-state index contributed by atoms with van der Waals surface area (Å²) >= 11 is 4.86. The average molecular weight is 327 g/mol. The molecule has 1 aromatic rings. The number of hydrogen-bond acceptors (Lipinski definition) is 5. The summed E-state index contributed by atoms with van der Waals surface area (Å²) in [4.78, 5) is 22.3. The number of nitrogens with two attached hydrogens (primary N) is 1. The number of nitrogens with zero attached hydrogens (tertiary/aromatic N) is 1. The molecule has 1 radical (unpaired) electrons. The van der Waals surface area contributed by atoms with E-state index >= 15 is 0 Å². The highest BCUT2D eigenvalue weighted by molar-refractivity contribution is 7.80. The van der Waals surface area contributed by atoms with Crippen molar-refractivity contribution < 1.29 is 19.2 Å². The third-order valence-corrected chi connectivity index (χ3v) is 3.65. The SMILES string of the molecule is COc1ccc(C(CC(N)=O)C(CC[S])[N+](=O)[O-])c(OC)c1. The van der Waals surface area contributed by atoms with Crippen LogP contribution < -0.4 is 15.2 Å².